The molecule has 1 unspecified atom stereocenters. The normalized spacial score (nSPS) is 22.7. The third-order valence-electron chi connectivity index (χ3n) is 3.72. The zero-order valence-corrected chi connectivity index (χ0v) is 11.3. The molecule has 2 rings (SSSR count). The lowest BCUT2D eigenvalue weighted by molar-refractivity contribution is -0.147. The predicted octanol–water partition coefficient (Wildman–Crippen LogP) is 1.84. The van der Waals surface area contributed by atoms with Gasteiger partial charge in [0.25, 0.3) is 0 Å². The van der Waals surface area contributed by atoms with Gasteiger partial charge in [-0.1, -0.05) is 0 Å². The van der Waals surface area contributed by atoms with Crippen LogP contribution < -0.4 is 0 Å². The molecule has 0 saturated carbocycles. The number of nitrogens with zero attached hydrogens (tertiary/aromatic N) is 1. The summed E-state index contributed by atoms with van der Waals surface area (Å²) in [5.41, 5.74) is -0.795. The van der Waals surface area contributed by atoms with Crippen LogP contribution in [0.4, 0.5) is 0 Å². The number of carbonyl (C=O) groups is 2. The first kappa shape index (κ1) is 13.6. The van der Waals surface area contributed by atoms with E-state index in [-0.39, 0.29) is 5.91 Å². The molecule has 1 aromatic heterocycles. The highest BCUT2D eigenvalue weighted by molar-refractivity contribution is 5.80. The fraction of sp³-hybridized carbons (Fsp3) is 0.571. The zero-order valence-electron chi connectivity index (χ0n) is 11.3. The number of likely N-dealkylation sites (tertiary alicyclic amines) is 1. The molecule has 0 bridgehead atoms. The van der Waals surface area contributed by atoms with E-state index >= 15 is 0 Å². The molecule has 0 radical (unpaired) electrons. The SMILES string of the molecule is Cc1ccc(CCC(=O)N2CCC(C)(C(=O)O)C2)o1. The van der Waals surface area contributed by atoms with Crippen molar-refractivity contribution in [2.75, 3.05) is 13.1 Å². The fourth-order valence-electron chi connectivity index (χ4n) is 2.36. The maximum atomic E-state index is 12.0. The number of rotatable bonds is 4. The van der Waals surface area contributed by atoms with Crippen LogP contribution in [0.2, 0.25) is 0 Å². The van der Waals surface area contributed by atoms with Crippen LogP contribution in [0.3, 0.4) is 0 Å². The van der Waals surface area contributed by atoms with Gasteiger partial charge < -0.3 is 14.4 Å². The summed E-state index contributed by atoms with van der Waals surface area (Å²) in [5, 5.41) is 9.13. The minimum absolute atomic E-state index is 0.000900. The number of carbonyl (C=O) groups excluding carboxylic acids is 1. The average molecular weight is 265 g/mol. The van der Waals surface area contributed by atoms with Crippen molar-refractivity contribution >= 4 is 11.9 Å². The monoisotopic (exact) mass is 265 g/mol. The standard InChI is InChI=1S/C14H19NO4/c1-10-3-4-11(19-10)5-6-12(16)15-8-7-14(2,9-15)13(17)18/h3-4H,5-9H2,1-2H3,(H,17,18). The Kier molecular flexibility index (Phi) is 3.64. The van der Waals surface area contributed by atoms with Gasteiger partial charge in [-0.3, -0.25) is 9.59 Å². The number of carboxylic acids is 1. The molecular formula is C14H19NO4. The van der Waals surface area contributed by atoms with Gasteiger partial charge in [-0.15, -0.1) is 0 Å². The Bertz CT molecular complexity index is 493. The predicted molar refractivity (Wildman–Crippen MR) is 68.7 cm³/mol. The second-order valence-corrected chi connectivity index (χ2v) is 5.44. The van der Waals surface area contributed by atoms with E-state index in [0.29, 0.717) is 32.4 Å². The van der Waals surface area contributed by atoms with E-state index in [1.165, 1.54) is 0 Å². The number of amides is 1. The van der Waals surface area contributed by atoms with Crippen molar-refractivity contribution in [3.05, 3.63) is 23.7 Å². The minimum Gasteiger partial charge on any atom is -0.481 e. The number of aryl methyl sites for hydroxylation is 2. The van der Waals surface area contributed by atoms with Crippen molar-refractivity contribution in [1.82, 2.24) is 4.90 Å². The molecule has 1 aliphatic heterocycles. The molecule has 1 saturated heterocycles. The molecule has 0 aromatic carbocycles. The Balaban J connectivity index is 1.86. The van der Waals surface area contributed by atoms with E-state index in [2.05, 4.69) is 0 Å². The van der Waals surface area contributed by atoms with Gasteiger partial charge in [0.1, 0.15) is 11.5 Å². The lowest BCUT2D eigenvalue weighted by Gasteiger charge is -2.20. The molecule has 1 atom stereocenters. The van der Waals surface area contributed by atoms with Crippen LogP contribution >= 0.6 is 0 Å². The van der Waals surface area contributed by atoms with Gasteiger partial charge in [-0.2, -0.15) is 0 Å². The number of hydrogen-bond acceptors (Lipinski definition) is 3. The first-order valence-corrected chi connectivity index (χ1v) is 6.47. The van der Waals surface area contributed by atoms with Crippen LogP contribution in [0, 0.1) is 12.3 Å². The quantitative estimate of drug-likeness (QED) is 0.901. The highest BCUT2D eigenvalue weighted by Crippen LogP contribution is 2.30. The highest BCUT2D eigenvalue weighted by atomic mass is 16.4. The Labute approximate surface area is 112 Å². The first-order chi connectivity index (χ1) is 8.90. The van der Waals surface area contributed by atoms with Gasteiger partial charge in [-0.05, 0) is 32.4 Å². The molecule has 1 N–H and O–H groups in total. The van der Waals surface area contributed by atoms with Crippen LogP contribution in [-0.2, 0) is 16.0 Å². The lowest BCUT2D eigenvalue weighted by Crippen LogP contribution is -2.34. The number of aliphatic carboxylic acids is 1. The molecule has 1 aromatic rings. The first-order valence-electron chi connectivity index (χ1n) is 6.47. The molecule has 104 valence electrons. The topological polar surface area (TPSA) is 70.8 Å². The largest absolute Gasteiger partial charge is 0.481 e. The second kappa shape index (κ2) is 5.07. The maximum absolute atomic E-state index is 12.0. The molecule has 1 fully saturated rings. The molecule has 2 heterocycles. The van der Waals surface area contributed by atoms with Gasteiger partial charge in [-0.25, -0.2) is 0 Å². The van der Waals surface area contributed by atoms with E-state index in [4.69, 9.17) is 9.52 Å². The fourth-order valence-corrected chi connectivity index (χ4v) is 2.36. The van der Waals surface area contributed by atoms with Crippen molar-refractivity contribution in [2.45, 2.75) is 33.1 Å². The molecule has 1 amide bonds. The van der Waals surface area contributed by atoms with Crippen LogP contribution in [0.15, 0.2) is 16.5 Å². The van der Waals surface area contributed by atoms with Gasteiger partial charge in [0, 0.05) is 25.9 Å². The zero-order chi connectivity index (χ0) is 14.0. The van der Waals surface area contributed by atoms with Crippen LogP contribution in [0.25, 0.3) is 0 Å². The smallest absolute Gasteiger partial charge is 0.311 e. The summed E-state index contributed by atoms with van der Waals surface area (Å²) in [6.45, 7) is 4.39. The molecular weight excluding hydrogens is 246 g/mol. The van der Waals surface area contributed by atoms with Gasteiger partial charge in [0.15, 0.2) is 0 Å². The summed E-state index contributed by atoms with van der Waals surface area (Å²) in [7, 11) is 0. The summed E-state index contributed by atoms with van der Waals surface area (Å²) in [4.78, 5) is 24.8. The highest BCUT2D eigenvalue weighted by Gasteiger charge is 2.41. The summed E-state index contributed by atoms with van der Waals surface area (Å²) >= 11 is 0. The van der Waals surface area contributed by atoms with Crippen LogP contribution in [0.1, 0.15) is 31.3 Å². The molecule has 19 heavy (non-hydrogen) atoms. The lowest BCUT2D eigenvalue weighted by atomic mass is 9.90. The summed E-state index contributed by atoms with van der Waals surface area (Å²) in [6.07, 6.45) is 1.45. The van der Waals surface area contributed by atoms with Crippen molar-refractivity contribution in [3.8, 4) is 0 Å². The van der Waals surface area contributed by atoms with E-state index in [0.717, 1.165) is 11.5 Å². The summed E-state index contributed by atoms with van der Waals surface area (Å²) in [6, 6.07) is 3.74. The Morgan fingerprint density at radius 3 is 2.74 bits per heavy atom. The van der Waals surface area contributed by atoms with Crippen LogP contribution in [-0.4, -0.2) is 35.0 Å². The minimum atomic E-state index is -0.829. The van der Waals surface area contributed by atoms with E-state index in [9.17, 15) is 9.59 Å². The molecule has 5 heteroatoms. The molecule has 0 spiro atoms. The summed E-state index contributed by atoms with van der Waals surface area (Å²) in [5.74, 6) is 0.802. The van der Waals surface area contributed by atoms with Gasteiger partial charge >= 0.3 is 5.97 Å². The number of carboxylic acid groups (broad SMARTS) is 1. The van der Waals surface area contributed by atoms with Crippen molar-refractivity contribution < 1.29 is 19.1 Å². The van der Waals surface area contributed by atoms with Crippen molar-refractivity contribution in [1.29, 1.82) is 0 Å². The van der Waals surface area contributed by atoms with Crippen molar-refractivity contribution in [2.24, 2.45) is 5.41 Å². The molecule has 5 nitrogen and oxygen atoms in total. The third-order valence-corrected chi connectivity index (χ3v) is 3.72. The number of furan rings is 1. The number of hydrogen-bond donors (Lipinski definition) is 1. The average Bonchev–Trinajstić information content (AvgIpc) is 2.94. The van der Waals surface area contributed by atoms with E-state index in [1.807, 2.05) is 19.1 Å². The maximum Gasteiger partial charge on any atom is 0.311 e. The Morgan fingerprint density at radius 2 is 2.21 bits per heavy atom. The van der Waals surface area contributed by atoms with Crippen LogP contribution in [0.5, 0.6) is 0 Å². The Morgan fingerprint density at radius 1 is 1.47 bits per heavy atom. The van der Waals surface area contributed by atoms with Gasteiger partial charge in [0.2, 0.25) is 5.91 Å². The second-order valence-electron chi connectivity index (χ2n) is 5.44. The Hall–Kier alpha value is -1.78. The van der Waals surface area contributed by atoms with Gasteiger partial charge in [0.05, 0.1) is 5.41 Å². The van der Waals surface area contributed by atoms with E-state index < -0.39 is 11.4 Å². The molecule has 1 aliphatic rings. The summed E-state index contributed by atoms with van der Waals surface area (Å²) < 4.78 is 5.41. The molecule has 0 aliphatic carbocycles. The third kappa shape index (κ3) is 2.97. The van der Waals surface area contributed by atoms with Crippen molar-refractivity contribution in [3.63, 3.8) is 0 Å². The van der Waals surface area contributed by atoms with E-state index in [1.54, 1.807) is 11.8 Å².